The second-order valence-corrected chi connectivity index (χ2v) is 6.98. The van der Waals surface area contributed by atoms with Crippen LogP contribution in [0, 0.1) is 31.3 Å². The van der Waals surface area contributed by atoms with Crippen molar-refractivity contribution in [2.45, 2.75) is 20.4 Å². The summed E-state index contributed by atoms with van der Waals surface area (Å²) >= 11 is 0. The zero-order valence-electron chi connectivity index (χ0n) is 17.5. The highest BCUT2D eigenvalue weighted by atomic mass is 19.2. The highest BCUT2D eigenvalue weighted by Gasteiger charge is 2.14. The van der Waals surface area contributed by atoms with Crippen molar-refractivity contribution < 1.29 is 17.9 Å². The zero-order chi connectivity index (χ0) is 22.7. The van der Waals surface area contributed by atoms with Crippen LogP contribution in [0.2, 0.25) is 0 Å². The summed E-state index contributed by atoms with van der Waals surface area (Å²) in [5.41, 5.74) is 2.20. The Morgan fingerprint density at radius 1 is 1.13 bits per heavy atom. The van der Waals surface area contributed by atoms with Gasteiger partial charge in [0.05, 0.1) is 19.2 Å². The highest BCUT2D eigenvalue weighted by Crippen LogP contribution is 2.28. The molecule has 1 aromatic heterocycles. The maximum absolute atomic E-state index is 13.7. The Bertz CT molecular complexity index is 1200. The summed E-state index contributed by atoms with van der Waals surface area (Å²) < 4.78 is 47.5. The summed E-state index contributed by atoms with van der Waals surface area (Å²) in [6.07, 6.45) is 2.81. The monoisotopic (exact) mass is 430 g/mol. The lowest BCUT2D eigenvalue weighted by Crippen LogP contribution is -2.21. The lowest BCUT2D eigenvalue weighted by atomic mass is 10.1. The Morgan fingerprint density at radius 3 is 2.42 bits per heavy atom. The number of benzene rings is 2. The molecule has 2 aromatic carbocycles. The van der Waals surface area contributed by atoms with Crippen molar-refractivity contribution in [2.75, 3.05) is 19.5 Å². The van der Waals surface area contributed by atoms with E-state index in [9.17, 15) is 18.0 Å². The van der Waals surface area contributed by atoms with Gasteiger partial charge in [0.1, 0.15) is 5.75 Å². The first-order valence-corrected chi connectivity index (χ1v) is 9.32. The lowest BCUT2D eigenvalue weighted by molar-refractivity contribution is 0.411. The minimum Gasteiger partial charge on any atom is -0.496 e. The first kappa shape index (κ1) is 22.1. The van der Waals surface area contributed by atoms with Crippen LogP contribution in [0.15, 0.2) is 40.2 Å². The van der Waals surface area contributed by atoms with Gasteiger partial charge in [-0.2, -0.15) is 4.98 Å². The molecule has 0 atom stereocenters. The molecule has 0 bridgehead atoms. The molecule has 0 saturated heterocycles. The van der Waals surface area contributed by atoms with E-state index in [2.05, 4.69) is 15.3 Å². The van der Waals surface area contributed by atoms with Gasteiger partial charge in [-0.05, 0) is 54.8 Å². The summed E-state index contributed by atoms with van der Waals surface area (Å²) in [6, 6.07) is 5.47. The molecule has 6 nitrogen and oxygen atoms in total. The molecular formula is C22H21F3N4O2. The maximum atomic E-state index is 13.7. The van der Waals surface area contributed by atoms with Gasteiger partial charge in [0.25, 0.3) is 5.56 Å². The normalized spacial score (nSPS) is 11.2. The summed E-state index contributed by atoms with van der Waals surface area (Å²) in [5, 5.41) is 3.09. The van der Waals surface area contributed by atoms with Crippen molar-refractivity contribution in [1.82, 2.24) is 9.55 Å². The first-order valence-electron chi connectivity index (χ1n) is 9.32. The zero-order valence-corrected chi connectivity index (χ0v) is 17.5. The summed E-state index contributed by atoms with van der Waals surface area (Å²) in [6.45, 7) is 3.66. The molecule has 162 valence electrons. The third-order valence-electron chi connectivity index (χ3n) is 4.67. The molecule has 0 aliphatic heterocycles. The number of rotatable bonds is 6. The SMILES string of the molecule is CN=Cc1cn(Cc2cc(F)c(F)c(F)c2)c(Nc2cc(C)c(OC)cc2C)nc1=O. The molecule has 9 heteroatoms. The Labute approximate surface area is 177 Å². The fraction of sp³-hybridized carbons (Fsp3) is 0.227. The van der Waals surface area contributed by atoms with Crippen LogP contribution in [0.1, 0.15) is 22.3 Å². The van der Waals surface area contributed by atoms with Gasteiger partial charge in [-0.1, -0.05) is 0 Å². The van der Waals surface area contributed by atoms with E-state index in [4.69, 9.17) is 4.74 Å². The second-order valence-electron chi connectivity index (χ2n) is 6.98. The highest BCUT2D eigenvalue weighted by molar-refractivity contribution is 5.78. The molecule has 31 heavy (non-hydrogen) atoms. The number of aliphatic imine (C=N–C) groups is 1. The molecule has 0 aliphatic rings. The van der Waals surface area contributed by atoms with Crippen LogP contribution >= 0.6 is 0 Å². The van der Waals surface area contributed by atoms with Crippen LogP contribution in [-0.2, 0) is 6.54 Å². The lowest BCUT2D eigenvalue weighted by Gasteiger charge is -2.17. The molecule has 3 aromatic rings. The first-order chi connectivity index (χ1) is 14.7. The van der Waals surface area contributed by atoms with Gasteiger partial charge in [-0.3, -0.25) is 9.79 Å². The van der Waals surface area contributed by atoms with E-state index >= 15 is 0 Å². The van der Waals surface area contributed by atoms with E-state index in [0.717, 1.165) is 23.3 Å². The number of aryl methyl sites for hydroxylation is 2. The van der Waals surface area contributed by atoms with Gasteiger partial charge in [0.15, 0.2) is 17.5 Å². The molecule has 3 rings (SSSR count). The third kappa shape index (κ3) is 4.76. The average molecular weight is 430 g/mol. The Balaban J connectivity index is 2.09. The van der Waals surface area contributed by atoms with Crippen molar-refractivity contribution in [3.8, 4) is 5.75 Å². The molecule has 0 saturated carbocycles. The molecule has 0 spiro atoms. The number of anilines is 2. The van der Waals surface area contributed by atoms with Gasteiger partial charge < -0.3 is 14.6 Å². The number of aromatic nitrogens is 2. The smallest absolute Gasteiger partial charge is 0.283 e. The molecular weight excluding hydrogens is 409 g/mol. The van der Waals surface area contributed by atoms with Gasteiger partial charge in [-0.25, -0.2) is 13.2 Å². The average Bonchev–Trinajstić information content (AvgIpc) is 2.71. The topological polar surface area (TPSA) is 68.5 Å². The number of halogens is 3. The van der Waals surface area contributed by atoms with Crippen LogP contribution in [0.3, 0.4) is 0 Å². The quantitative estimate of drug-likeness (QED) is 0.472. The third-order valence-corrected chi connectivity index (χ3v) is 4.67. The van der Waals surface area contributed by atoms with E-state index in [-0.39, 0.29) is 23.6 Å². The Kier molecular flexibility index (Phi) is 6.43. The molecule has 1 N–H and O–H groups in total. The molecule has 0 unspecified atom stereocenters. The predicted octanol–water partition coefficient (Wildman–Crippen LogP) is 4.13. The maximum Gasteiger partial charge on any atom is 0.283 e. The summed E-state index contributed by atoms with van der Waals surface area (Å²) in [4.78, 5) is 20.3. The van der Waals surface area contributed by atoms with Gasteiger partial charge >= 0.3 is 0 Å². The standard InChI is InChI=1S/C22H21F3N4O2/c1-12-6-19(31-4)13(2)5-18(12)27-22-28-21(30)15(9-26-3)11-29(22)10-14-7-16(23)20(25)17(24)8-14/h5-9,11H,10H2,1-4H3,(H,27,28,30). The van der Waals surface area contributed by atoms with E-state index in [0.29, 0.717) is 11.4 Å². The molecule has 1 heterocycles. The minimum atomic E-state index is -1.54. The van der Waals surface area contributed by atoms with Gasteiger partial charge in [-0.15, -0.1) is 0 Å². The van der Waals surface area contributed by atoms with Crippen LogP contribution in [-0.4, -0.2) is 29.9 Å². The van der Waals surface area contributed by atoms with Gasteiger partial charge in [0.2, 0.25) is 5.95 Å². The van der Waals surface area contributed by atoms with Crippen molar-refractivity contribution in [3.63, 3.8) is 0 Å². The van der Waals surface area contributed by atoms with Crippen LogP contribution in [0.5, 0.6) is 5.75 Å². The van der Waals surface area contributed by atoms with E-state index in [1.807, 2.05) is 26.0 Å². The number of nitrogens with one attached hydrogen (secondary N) is 1. The summed E-state index contributed by atoms with van der Waals surface area (Å²) in [7, 11) is 3.08. The van der Waals surface area contributed by atoms with Crippen molar-refractivity contribution in [1.29, 1.82) is 0 Å². The van der Waals surface area contributed by atoms with Gasteiger partial charge in [0, 0.05) is 25.1 Å². The molecule has 0 aliphatic carbocycles. The molecule has 0 amide bonds. The van der Waals surface area contributed by atoms with Crippen LogP contribution in [0.4, 0.5) is 24.8 Å². The van der Waals surface area contributed by atoms with Crippen molar-refractivity contribution in [2.24, 2.45) is 4.99 Å². The fourth-order valence-corrected chi connectivity index (χ4v) is 3.12. The number of hydrogen-bond acceptors (Lipinski definition) is 5. The molecule has 0 fully saturated rings. The second kappa shape index (κ2) is 9.03. The van der Waals surface area contributed by atoms with E-state index in [1.54, 1.807) is 7.11 Å². The Hall–Kier alpha value is -3.62. The fourth-order valence-electron chi connectivity index (χ4n) is 3.12. The number of methoxy groups -OCH3 is 1. The van der Waals surface area contributed by atoms with Crippen LogP contribution < -0.4 is 15.6 Å². The number of hydrogen-bond donors (Lipinski definition) is 1. The Morgan fingerprint density at radius 2 is 1.81 bits per heavy atom. The molecule has 0 radical (unpaired) electrons. The predicted molar refractivity (Wildman–Crippen MR) is 113 cm³/mol. The van der Waals surface area contributed by atoms with E-state index in [1.165, 1.54) is 24.0 Å². The summed E-state index contributed by atoms with van der Waals surface area (Å²) in [5.74, 6) is -3.27. The number of ether oxygens (including phenoxy) is 1. The van der Waals surface area contributed by atoms with Crippen molar-refractivity contribution in [3.05, 3.63) is 80.5 Å². The number of nitrogens with zero attached hydrogens (tertiary/aromatic N) is 3. The van der Waals surface area contributed by atoms with Crippen LogP contribution in [0.25, 0.3) is 0 Å². The minimum absolute atomic E-state index is 0.0670. The van der Waals surface area contributed by atoms with E-state index < -0.39 is 23.0 Å². The van der Waals surface area contributed by atoms with Crippen molar-refractivity contribution >= 4 is 17.9 Å². The largest absolute Gasteiger partial charge is 0.496 e.